The zero-order valence-electron chi connectivity index (χ0n) is 17.6. The fourth-order valence-electron chi connectivity index (χ4n) is 3.67. The lowest BCUT2D eigenvalue weighted by Crippen LogP contribution is -2.38. The minimum atomic E-state index is -0.552. The van der Waals surface area contributed by atoms with Crippen LogP contribution in [-0.2, 0) is 17.1 Å². The van der Waals surface area contributed by atoms with E-state index in [1.54, 1.807) is 28.8 Å². The third kappa shape index (κ3) is 4.33. The van der Waals surface area contributed by atoms with Crippen LogP contribution < -0.4 is 10.7 Å². The molecular formula is C24H25N5OS. The first kappa shape index (κ1) is 21.1. The van der Waals surface area contributed by atoms with Crippen molar-refractivity contribution in [1.82, 2.24) is 5.01 Å². The molecule has 3 aromatic rings. The van der Waals surface area contributed by atoms with Crippen LogP contribution in [0.3, 0.4) is 0 Å². The highest BCUT2D eigenvalue weighted by atomic mass is 32.2. The van der Waals surface area contributed by atoms with E-state index in [-0.39, 0.29) is 0 Å². The number of carbonyl (C=O) groups is 1. The predicted molar refractivity (Wildman–Crippen MR) is 125 cm³/mol. The van der Waals surface area contributed by atoms with E-state index in [4.69, 9.17) is 5.73 Å². The lowest BCUT2D eigenvalue weighted by molar-refractivity contribution is -0.111. The fraction of sp³-hybridized carbons (Fsp3) is 0.208. The molecule has 0 saturated heterocycles. The number of anilines is 1. The van der Waals surface area contributed by atoms with Gasteiger partial charge in [0.2, 0.25) is 0 Å². The van der Waals surface area contributed by atoms with Gasteiger partial charge in [0, 0.05) is 24.2 Å². The minimum Gasteiger partial charge on any atom is -0.326 e. The molecule has 1 aliphatic heterocycles. The van der Waals surface area contributed by atoms with Gasteiger partial charge in [0.05, 0.1) is 5.69 Å². The second-order valence-corrected chi connectivity index (χ2v) is 8.42. The van der Waals surface area contributed by atoms with Crippen molar-refractivity contribution >= 4 is 23.7 Å². The average Bonchev–Trinajstić information content (AvgIpc) is 3.18. The van der Waals surface area contributed by atoms with E-state index in [1.807, 2.05) is 24.3 Å². The number of carbonyl (C=O) groups excluding carboxylic acids is 1. The molecule has 6 nitrogen and oxygen atoms in total. The Hall–Kier alpha value is -3.16. The third-order valence-corrected chi connectivity index (χ3v) is 6.60. The Kier molecular flexibility index (Phi) is 6.34. The molecule has 0 saturated carbocycles. The number of benzene rings is 3. The molecule has 4 rings (SSSR count). The summed E-state index contributed by atoms with van der Waals surface area (Å²) < 4.78 is 0. The van der Waals surface area contributed by atoms with Crippen LogP contribution in [0.4, 0.5) is 5.69 Å². The van der Waals surface area contributed by atoms with E-state index in [2.05, 4.69) is 59.8 Å². The zero-order chi connectivity index (χ0) is 21.8. The van der Waals surface area contributed by atoms with Crippen molar-refractivity contribution in [1.29, 1.82) is 0 Å². The normalized spacial score (nSPS) is 15.5. The summed E-state index contributed by atoms with van der Waals surface area (Å²) in [5, 5.41) is 11.4. The lowest BCUT2D eigenvalue weighted by Gasteiger charge is -2.24. The summed E-state index contributed by atoms with van der Waals surface area (Å²) in [6.45, 7) is 2.55. The van der Waals surface area contributed by atoms with Gasteiger partial charge >= 0.3 is 0 Å². The maximum absolute atomic E-state index is 11.6. The summed E-state index contributed by atoms with van der Waals surface area (Å²) in [4.78, 5) is 12.8. The number of nitrogens with zero attached hydrogens (tertiary/aromatic N) is 4. The molecule has 0 fully saturated rings. The second kappa shape index (κ2) is 9.32. The molecule has 158 valence electrons. The highest BCUT2D eigenvalue weighted by Crippen LogP contribution is 2.36. The lowest BCUT2D eigenvalue weighted by atomic mass is 10.0. The summed E-state index contributed by atoms with van der Waals surface area (Å²) in [5.74, 6) is 0.718. The number of aryl methyl sites for hydroxylation is 1. The van der Waals surface area contributed by atoms with Gasteiger partial charge in [0.25, 0.3) is 0 Å². The molecule has 0 radical (unpaired) electrons. The molecule has 0 bridgehead atoms. The number of thioether (sulfide) groups is 1. The van der Waals surface area contributed by atoms with E-state index < -0.39 is 6.17 Å². The highest BCUT2D eigenvalue weighted by Gasteiger charge is 2.30. The Morgan fingerprint density at radius 1 is 1.03 bits per heavy atom. The smallest absolute Gasteiger partial charge is 0.197 e. The van der Waals surface area contributed by atoms with Gasteiger partial charge in [-0.1, -0.05) is 59.8 Å². The van der Waals surface area contributed by atoms with Crippen molar-refractivity contribution < 1.29 is 4.79 Å². The van der Waals surface area contributed by atoms with Crippen molar-refractivity contribution in [2.24, 2.45) is 16.2 Å². The topological polar surface area (TPSA) is 74.3 Å². The summed E-state index contributed by atoms with van der Waals surface area (Å²) >= 11 is 1.76. The Balaban J connectivity index is 1.60. The standard InChI is InChI=1S/C24H25N5OS/c1-17-13-19(18-7-4-3-5-8-18)11-12-23(17)31-16-21-20(14-25)9-6-10-22(21)29-24(15-30)28(2)26-27-29/h3-13,15,24H,14,16,25H2,1-2H3. The zero-order valence-corrected chi connectivity index (χ0v) is 18.4. The maximum atomic E-state index is 11.6. The molecule has 0 aromatic heterocycles. The second-order valence-electron chi connectivity index (χ2n) is 7.40. The monoisotopic (exact) mass is 431 g/mol. The first-order valence-corrected chi connectivity index (χ1v) is 11.1. The molecular weight excluding hydrogens is 406 g/mol. The first-order valence-electron chi connectivity index (χ1n) is 10.1. The number of aldehydes is 1. The minimum absolute atomic E-state index is 0.419. The van der Waals surface area contributed by atoms with E-state index in [0.717, 1.165) is 28.9 Å². The molecule has 1 unspecified atom stereocenters. The van der Waals surface area contributed by atoms with E-state index in [9.17, 15) is 4.79 Å². The Bertz CT molecular complexity index is 1100. The SMILES string of the molecule is Cc1cc(-c2ccccc2)ccc1SCc1c(CN)cccc1N1N=NN(C)C1C=O. The molecule has 0 aliphatic carbocycles. The quantitative estimate of drug-likeness (QED) is 0.422. The summed E-state index contributed by atoms with van der Waals surface area (Å²) in [6.07, 6.45) is 0.294. The van der Waals surface area contributed by atoms with Crippen molar-refractivity contribution in [3.63, 3.8) is 0 Å². The van der Waals surface area contributed by atoms with Crippen LogP contribution in [0, 0.1) is 6.92 Å². The summed E-state index contributed by atoms with van der Waals surface area (Å²) in [6, 6.07) is 22.9. The van der Waals surface area contributed by atoms with Gasteiger partial charge in [0.15, 0.2) is 12.5 Å². The average molecular weight is 432 g/mol. The molecule has 3 aromatic carbocycles. The molecule has 1 atom stereocenters. The van der Waals surface area contributed by atoms with Crippen LogP contribution >= 0.6 is 11.8 Å². The van der Waals surface area contributed by atoms with Crippen LogP contribution in [0.5, 0.6) is 0 Å². The Morgan fingerprint density at radius 3 is 2.55 bits per heavy atom. The van der Waals surface area contributed by atoms with Crippen molar-refractivity contribution in [2.75, 3.05) is 12.1 Å². The largest absolute Gasteiger partial charge is 0.326 e. The number of rotatable bonds is 7. The maximum Gasteiger partial charge on any atom is 0.197 e. The number of hydrogen-bond donors (Lipinski definition) is 1. The van der Waals surface area contributed by atoms with Gasteiger partial charge in [-0.3, -0.25) is 4.79 Å². The van der Waals surface area contributed by atoms with Crippen LogP contribution in [0.25, 0.3) is 11.1 Å². The van der Waals surface area contributed by atoms with Crippen molar-refractivity contribution in [3.8, 4) is 11.1 Å². The third-order valence-electron chi connectivity index (χ3n) is 5.40. The van der Waals surface area contributed by atoms with Gasteiger partial charge in [-0.25, -0.2) is 10.0 Å². The molecule has 1 heterocycles. The van der Waals surface area contributed by atoms with Crippen molar-refractivity contribution in [2.45, 2.75) is 30.3 Å². The van der Waals surface area contributed by atoms with E-state index >= 15 is 0 Å². The van der Waals surface area contributed by atoms with Gasteiger partial charge in [-0.2, -0.15) is 0 Å². The highest BCUT2D eigenvalue weighted by molar-refractivity contribution is 7.98. The molecule has 0 spiro atoms. The van der Waals surface area contributed by atoms with Gasteiger partial charge in [0.1, 0.15) is 0 Å². The molecule has 0 amide bonds. The Labute approximate surface area is 186 Å². The Morgan fingerprint density at radius 2 is 1.84 bits per heavy atom. The van der Waals surface area contributed by atoms with Gasteiger partial charge in [-0.05, 0) is 52.1 Å². The fourth-order valence-corrected chi connectivity index (χ4v) is 4.76. The molecule has 2 N–H and O–H groups in total. The van der Waals surface area contributed by atoms with E-state index in [0.29, 0.717) is 6.54 Å². The van der Waals surface area contributed by atoms with Gasteiger partial charge in [-0.15, -0.1) is 11.8 Å². The number of hydrogen-bond acceptors (Lipinski definition) is 7. The predicted octanol–water partition coefficient (Wildman–Crippen LogP) is 4.97. The summed E-state index contributed by atoms with van der Waals surface area (Å²) in [7, 11) is 1.74. The van der Waals surface area contributed by atoms with E-state index in [1.165, 1.54) is 21.6 Å². The van der Waals surface area contributed by atoms with Crippen LogP contribution in [0.1, 0.15) is 16.7 Å². The number of nitrogens with two attached hydrogens (primary N) is 1. The first-order chi connectivity index (χ1) is 15.1. The summed E-state index contributed by atoms with van der Waals surface area (Å²) in [5.41, 5.74) is 12.7. The van der Waals surface area contributed by atoms with Crippen molar-refractivity contribution in [3.05, 3.63) is 83.4 Å². The van der Waals surface area contributed by atoms with Gasteiger partial charge < -0.3 is 5.73 Å². The van der Waals surface area contributed by atoms with Crippen LogP contribution in [0.15, 0.2) is 82.1 Å². The molecule has 31 heavy (non-hydrogen) atoms. The van der Waals surface area contributed by atoms with Crippen LogP contribution in [-0.4, -0.2) is 24.5 Å². The number of likely N-dealkylation sites (N-methyl/N-ethyl adjacent to an activating group) is 1. The molecule has 1 aliphatic rings. The molecule has 7 heteroatoms. The van der Waals surface area contributed by atoms with Crippen LogP contribution in [0.2, 0.25) is 0 Å².